The molecule has 152 valence electrons. The lowest BCUT2D eigenvalue weighted by atomic mass is 9.69. The van der Waals surface area contributed by atoms with Gasteiger partial charge in [0.2, 0.25) is 6.79 Å². The summed E-state index contributed by atoms with van der Waals surface area (Å²) >= 11 is 0. The maximum absolute atomic E-state index is 12.9. The van der Waals surface area contributed by atoms with Gasteiger partial charge in [0.1, 0.15) is 0 Å². The van der Waals surface area contributed by atoms with E-state index in [1.165, 1.54) is 5.56 Å². The van der Waals surface area contributed by atoms with Gasteiger partial charge in [0.15, 0.2) is 11.5 Å². The van der Waals surface area contributed by atoms with E-state index in [-0.39, 0.29) is 23.9 Å². The number of carbonyl (C=O) groups is 1. The predicted molar refractivity (Wildman–Crippen MR) is 111 cm³/mol. The minimum absolute atomic E-state index is 0.00953. The SMILES string of the molecule is CN(C)[C@]1(c2ccccc2)CC[C@@]2(CC1)CN(c1cccc3c1OCO3)C(=O)N2. The van der Waals surface area contributed by atoms with Gasteiger partial charge >= 0.3 is 6.03 Å². The Morgan fingerprint density at radius 1 is 0.966 bits per heavy atom. The van der Waals surface area contributed by atoms with Crippen LogP contribution in [0.4, 0.5) is 10.5 Å². The second-order valence-electron chi connectivity index (χ2n) is 8.60. The average Bonchev–Trinajstić information content (AvgIpc) is 3.34. The Labute approximate surface area is 171 Å². The van der Waals surface area contributed by atoms with Crippen LogP contribution in [0.5, 0.6) is 11.5 Å². The molecule has 2 aliphatic heterocycles. The molecule has 2 fully saturated rings. The van der Waals surface area contributed by atoms with Gasteiger partial charge in [-0.1, -0.05) is 36.4 Å². The average molecular weight is 393 g/mol. The van der Waals surface area contributed by atoms with Crippen molar-refractivity contribution in [1.82, 2.24) is 10.2 Å². The molecule has 1 aliphatic carbocycles. The van der Waals surface area contributed by atoms with E-state index >= 15 is 0 Å². The Kier molecular flexibility index (Phi) is 4.21. The molecule has 6 heteroatoms. The summed E-state index contributed by atoms with van der Waals surface area (Å²) in [6, 6.07) is 16.4. The van der Waals surface area contributed by atoms with Gasteiger partial charge in [-0.3, -0.25) is 9.80 Å². The Morgan fingerprint density at radius 2 is 1.72 bits per heavy atom. The number of carbonyl (C=O) groups excluding carboxylic acids is 1. The van der Waals surface area contributed by atoms with Crippen LogP contribution in [0.15, 0.2) is 48.5 Å². The molecule has 6 nitrogen and oxygen atoms in total. The van der Waals surface area contributed by atoms with Crippen LogP contribution in [0.25, 0.3) is 0 Å². The van der Waals surface area contributed by atoms with E-state index < -0.39 is 0 Å². The van der Waals surface area contributed by atoms with Crippen molar-refractivity contribution in [3.05, 3.63) is 54.1 Å². The second-order valence-corrected chi connectivity index (χ2v) is 8.60. The molecule has 29 heavy (non-hydrogen) atoms. The summed E-state index contributed by atoms with van der Waals surface area (Å²) in [6.45, 7) is 0.860. The van der Waals surface area contributed by atoms with E-state index in [0.29, 0.717) is 18.0 Å². The van der Waals surface area contributed by atoms with Crippen LogP contribution in [0.1, 0.15) is 31.2 Å². The molecule has 0 atom stereocenters. The molecule has 2 aromatic rings. The Balaban J connectivity index is 1.39. The number of urea groups is 1. The monoisotopic (exact) mass is 393 g/mol. The predicted octanol–water partition coefficient (Wildman–Crippen LogP) is 3.71. The first-order valence-corrected chi connectivity index (χ1v) is 10.2. The first-order valence-electron chi connectivity index (χ1n) is 10.2. The van der Waals surface area contributed by atoms with Crippen LogP contribution in [-0.2, 0) is 5.54 Å². The number of nitrogens with one attached hydrogen (secondary N) is 1. The zero-order valence-electron chi connectivity index (χ0n) is 17.0. The van der Waals surface area contributed by atoms with Crippen molar-refractivity contribution >= 4 is 11.7 Å². The van der Waals surface area contributed by atoms with Gasteiger partial charge in [0, 0.05) is 5.54 Å². The lowest BCUT2D eigenvalue weighted by Gasteiger charge is -2.48. The fourth-order valence-electron chi connectivity index (χ4n) is 5.20. The number of anilines is 1. The highest BCUT2D eigenvalue weighted by Crippen LogP contribution is 2.48. The van der Waals surface area contributed by atoms with E-state index in [1.54, 1.807) is 0 Å². The summed E-state index contributed by atoms with van der Waals surface area (Å²) in [4.78, 5) is 17.1. The first kappa shape index (κ1) is 18.3. The molecule has 0 radical (unpaired) electrons. The summed E-state index contributed by atoms with van der Waals surface area (Å²) in [5.41, 5.74) is 1.96. The number of hydrogen-bond donors (Lipinski definition) is 1. The van der Waals surface area contributed by atoms with Crippen LogP contribution >= 0.6 is 0 Å². The number of hydrogen-bond acceptors (Lipinski definition) is 4. The Bertz CT molecular complexity index is 920. The molecule has 1 spiro atoms. The maximum Gasteiger partial charge on any atom is 0.322 e. The fraction of sp³-hybridized carbons (Fsp3) is 0.435. The number of para-hydroxylation sites is 1. The Hall–Kier alpha value is -2.73. The van der Waals surface area contributed by atoms with Crippen molar-refractivity contribution < 1.29 is 14.3 Å². The molecule has 2 heterocycles. The molecule has 2 amide bonds. The second kappa shape index (κ2) is 6.66. The van der Waals surface area contributed by atoms with Crippen LogP contribution in [0, 0.1) is 0 Å². The van der Waals surface area contributed by atoms with Gasteiger partial charge in [-0.15, -0.1) is 0 Å². The van der Waals surface area contributed by atoms with Crippen molar-refractivity contribution in [2.24, 2.45) is 0 Å². The van der Waals surface area contributed by atoms with Crippen molar-refractivity contribution in [2.45, 2.75) is 36.8 Å². The molecular weight excluding hydrogens is 366 g/mol. The summed E-state index contributed by atoms with van der Waals surface area (Å²) in [6.07, 6.45) is 3.89. The lowest BCUT2D eigenvalue weighted by molar-refractivity contribution is 0.0657. The molecule has 1 saturated carbocycles. The van der Waals surface area contributed by atoms with E-state index in [4.69, 9.17) is 9.47 Å². The third-order valence-corrected chi connectivity index (χ3v) is 6.95. The number of fused-ring (bicyclic) bond motifs is 1. The van der Waals surface area contributed by atoms with Crippen LogP contribution < -0.4 is 19.7 Å². The smallest absolute Gasteiger partial charge is 0.322 e. The number of nitrogens with zero attached hydrogens (tertiary/aromatic N) is 2. The van der Waals surface area contributed by atoms with Crippen molar-refractivity contribution in [3.63, 3.8) is 0 Å². The minimum Gasteiger partial charge on any atom is -0.454 e. The molecule has 5 rings (SSSR count). The molecule has 0 bridgehead atoms. The molecular formula is C23H27N3O3. The van der Waals surface area contributed by atoms with Crippen LogP contribution in [0.3, 0.4) is 0 Å². The van der Waals surface area contributed by atoms with E-state index in [9.17, 15) is 4.79 Å². The van der Waals surface area contributed by atoms with Gasteiger partial charge in [0.05, 0.1) is 17.8 Å². The Morgan fingerprint density at radius 3 is 2.45 bits per heavy atom. The summed E-state index contributed by atoms with van der Waals surface area (Å²) in [5.74, 6) is 1.37. The third-order valence-electron chi connectivity index (χ3n) is 6.95. The lowest BCUT2D eigenvalue weighted by Crippen LogP contribution is -2.54. The highest BCUT2D eigenvalue weighted by molar-refractivity contribution is 5.97. The standard InChI is InChI=1S/C23H27N3O3/c1-25(2)23(17-7-4-3-5-8-17)13-11-22(12-14-23)15-26(21(27)24-22)18-9-6-10-19-20(18)29-16-28-19/h3-10H,11-16H2,1-2H3,(H,24,27)/t22-,23-. The van der Waals surface area contributed by atoms with E-state index in [1.807, 2.05) is 23.1 Å². The zero-order chi connectivity index (χ0) is 20.1. The quantitative estimate of drug-likeness (QED) is 0.864. The van der Waals surface area contributed by atoms with Crippen LogP contribution in [0.2, 0.25) is 0 Å². The van der Waals surface area contributed by atoms with Gasteiger partial charge in [-0.25, -0.2) is 4.79 Å². The largest absolute Gasteiger partial charge is 0.454 e. The molecule has 3 aliphatic rings. The van der Waals surface area contributed by atoms with E-state index in [0.717, 1.165) is 31.4 Å². The highest BCUT2D eigenvalue weighted by Gasteiger charge is 2.50. The summed E-state index contributed by atoms with van der Waals surface area (Å²) < 4.78 is 11.1. The maximum atomic E-state index is 12.9. The normalized spacial score (nSPS) is 28.2. The number of amides is 2. The number of rotatable bonds is 3. The third kappa shape index (κ3) is 2.85. The van der Waals surface area contributed by atoms with Crippen molar-refractivity contribution in [3.8, 4) is 11.5 Å². The van der Waals surface area contributed by atoms with Gasteiger partial charge in [0.25, 0.3) is 0 Å². The fourth-order valence-corrected chi connectivity index (χ4v) is 5.20. The van der Waals surface area contributed by atoms with Gasteiger partial charge in [-0.05, 0) is 57.5 Å². The van der Waals surface area contributed by atoms with Crippen LogP contribution in [-0.4, -0.2) is 43.9 Å². The molecule has 2 aromatic carbocycles. The van der Waals surface area contributed by atoms with Crippen molar-refractivity contribution in [2.75, 3.05) is 32.3 Å². The zero-order valence-corrected chi connectivity index (χ0v) is 17.0. The number of ether oxygens (including phenoxy) is 2. The topological polar surface area (TPSA) is 54.0 Å². The summed E-state index contributed by atoms with van der Waals surface area (Å²) in [7, 11) is 4.32. The minimum atomic E-state index is -0.201. The molecule has 0 unspecified atom stereocenters. The number of benzene rings is 2. The molecule has 1 N–H and O–H groups in total. The molecule has 1 saturated heterocycles. The first-order chi connectivity index (χ1) is 14.0. The van der Waals surface area contributed by atoms with Gasteiger partial charge < -0.3 is 14.8 Å². The highest BCUT2D eigenvalue weighted by atomic mass is 16.7. The van der Waals surface area contributed by atoms with Crippen molar-refractivity contribution in [1.29, 1.82) is 0 Å². The van der Waals surface area contributed by atoms with Gasteiger partial charge in [-0.2, -0.15) is 0 Å². The molecule has 0 aromatic heterocycles. The summed E-state index contributed by atoms with van der Waals surface area (Å²) in [5, 5.41) is 3.31. The van der Waals surface area contributed by atoms with E-state index in [2.05, 4.69) is 54.6 Å².